The zero-order valence-electron chi connectivity index (χ0n) is 9.02. The van der Waals surface area contributed by atoms with Crippen molar-refractivity contribution in [2.24, 2.45) is 0 Å². The van der Waals surface area contributed by atoms with Gasteiger partial charge >= 0.3 is 0 Å². The number of amides is 1. The molecular weight excluding hydrogens is 234 g/mol. The number of rotatable bonds is 4. The van der Waals surface area contributed by atoms with E-state index < -0.39 is 9.84 Å². The standard InChI is InChI=1S/C9H17NO3S2/c1-7(2)14-5-9(11)10-8-3-4-15(12,13)6-8/h7-8H,3-6H2,1-2H3,(H,10,11)/t8-/m0/s1. The molecule has 1 fully saturated rings. The van der Waals surface area contributed by atoms with Gasteiger partial charge in [-0.25, -0.2) is 8.42 Å². The topological polar surface area (TPSA) is 63.2 Å². The Morgan fingerprint density at radius 2 is 2.20 bits per heavy atom. The number of hydrogen-bond donors (Lipinski definition) is 1. The van der Waals surface area contributed by atoms with Crippen LogP contribution in [0, 0.1) is 0 Å². The Bertz CT molecular complexity index is 324. The van der Waals surface area contributed by atoms with E-state index in [1.807, 2.05) is 13.8 Å². The Balaban J connectivity index is 2.28. The first-order valence-corrected chi connectivity index (χ1v) is 7.87. The highest BCUT2D eigenvalue weighted by Crippen LogP contribution is 2.12. The molecule has 1 amide bonds. The second-order valence-corrected chi connectivity index (χ2v) is 7.82. The van der Waals surface area contributed by atoms with Gasteiger partial charge in [0.15, 0.2) is 9.84 Å². The van der Waals surface area contributed by atoms with Crippen molar-refractivity contribution in [3.8, 4) is 0 Å². The van der Waals surface area contributed by atoms with Crippen LogP contribution in [0.25, 0.3) is 0 Å². The molecule has 1 atom stereocenters. The molecular formula is C9H17NO3S2. The van der Waals surface area contributed by atoms with Gasteiger partial charge in [0, 0.05) is 6.04 Å². The minimum atomic E-state index is -2.89. The summed E-state index contributed by atoms with van der Waals surface area (Å²) in [5.74, 6) is 0.657. The summed E-state index contributed by atoms with van der Waals surface area (Å²) in [6.07, 6.45) is 0.556. The summed E-state index contributed by atoms with van der Waals surface area (Å²) in [6.45, 7) is 4.05. The smallest absolute Gasteiger partial charge is 0.230 e. The summed E-state index contributed by atoms with van der Waals surface area (Å²) >= 11 is 1.56. The molecule has 1 rings (SSSR count). The van der Waals surface area contributed by atoms with Crippen LogP contribution in [0.5, 0.6) is 0 Å². The molecule has 15 heavy (non-hydrogen) atoms. The first-order chi connectivity index (χ1) is 6.89. The van der Waals surface area contributed by atoms with E-state index in [-0.39, 0.29) is 23.5 Å². The van der Waals surface area contributed by atoms with E-state index >= 15 is 0 Å². The molecule has 88 valence electrons. The maximum Gasteiger partial charge on any atom is 0.230 e. The maximum absolute atomic E-state index is 11.4. The number of hydrogen-bond acceptors (Lipinski definition) is 4. The van der Waals surface area contributed by atoms with Crippen LogP contribution in [0.3, 0.4) is 0 Å². The molecule has 6 heteroatoms. The predicted molar refractivity (Wildman–Crippen MR) is 62.8 cm³/mol. The van der Waals surface area contributed by atoms with Crippen molar-refractivity contribution in [2.45, 2.75) is 31.6 Å². The monoisotopic (exact) mass is 251 g/mol. The fourth-order valence-electron chi connectivity index (χ4n) is 1.42. The van der Waals surface area contributed by atoms with Crippen LogP contribution < -0.4 is 5.32 Å². The first kappa shape index (κ1) is 12.8. The van der Waals surface area contributed by atoms with Crippen LogP contribution in [-0.4, -0.2) is 42.9 Å². The average Bonchev–Trinajstić information content (AvgIpc) is 2.42. The zero-order valence-corrected chi connectivity index (χ0v) is 10.7. The van der Waals surface area contributed by atoms with Crippen LogP contribution >= 0.6 is 11.8 Å². The fourth-order valence-corrected chi connectivity index (χ4v) is 3.66. The van der Waals surface area contributed by atoms with Gasteiger partial charge < -0.3 is 5.32 Å². The van der Waals surface area contributed by atoms with E-state index in [4.69, 9.17) is 0 Å². The Morgan fingerprint density at radius 3 is 2.67 bits per heavy atom. The molecule has 1 heterocycles. The Morgan fingerprint density at radius 1 is 1.53 bits per heavy atom. The third kappa shape index (κ3) is 4.88. The fraction of sp³-hybridized carbons (Fsp3) is 0.889. The quantitative estimate of drug-likeness (QED) is 0.787. The summed E-state index contributed by atoms with van der Waals surface area (Å²) in [5.41, 5.74) is 0. The third-order valence-electron chi connectivity index (χ3n) is 2.15. The van der Waals surface area contributed by atoms with Crippen molar-refractivity contribution >= 4 is 27.5 Å². The van der Waals surface area contributed by atoms with Gasteiger partial charge in [0.1, 0.15) is 0 Å². The van der Waals surface area contributed by atoms with Gasteiger partial charge in [0.05, 0.1) is 17.3 Å². The highest BCUT2D eigenvalue weighted by Gasteiger charge is 2.28. The molecule has 1 aliphatic heterocycles. The molecule has 0 aromatic rings. The number of nitrogens with one attached hydrogen (secondary N) is 1. The van der Waals surface area contributed by atoms with Crippen molar-refractivity contribution < 1.29 is 13.2 Å². The molecule has 0 unspecified atom stereocenters. The van der Waals surface area contributed by atoms with Crippen LogP contribution in [0.2, 0.25) is 0 Å². The summed E-state index contributed by atoms with van der Waals surface area (Å²) < 4.78 is 22.3. The van der Waals surface area contributed by atoms with E-state index in [1.165, 1.54) is 0 Å². The van der Waals surface area contributed by atoms with Gasteiger partial charge in [-0.15, -0.1) is 11.8 Å². The van der Waals surface area contributed by atoms with Gasteiger partial charge in [0.25, 0.3) is 0 Å². The van der Waals surface area contributed by atoms with Crippen molar-refractivity contribution in [1.29, 1.82) is 0 Å². The van der Waals surface area contributed by atoms with Crippen molar-refractivity contribution in [2.75, 3.05) is 17.3 Å². The molecule has 0 saturated carbocycles. The SMILES string of the molecule is CC(C)SCC(=O)N[C@H]1CCS(=O)(=O)C1. The van der Waals surface area contributed by atoms with E-state index in [0.29, 0.717) is 17.4 Å². The lowest BCUT2D eigenvalue weighted by atomic mass is 10.3. The normalized spacial score (nSPS) is 24.3. The van der Waals surface area contributed by atoms with E-state index in [9.17, 15) is 13.2 Å². The molecule has 0 bridgehead atoms. The summed E-state index contributed by atoms with van der Waals surface area (Å²) in [5, 5.41) is 3.17. The maximum atomic E-state index is 11.4. The van der Waals surface area contributed by atoms with Gasteiger partial charge in [-0.05, 0) is 11.7 Å². The van der Waals surface area contributed by atoms with Crippen molar-refractivity contribution in [3.05, 3.63) is 0 Å². The second-order valence-electron chi connectivity index (χ2n) is 4.03. The minimum absolute atomic E-state index is 0.0594. The lowest BCUT2D eigenvalue weighted by Gasteiger charge is -2.11. The lowest BCUT2D eigenvalue weighted by molar-refractivity contribution is -0.119. The van der Waals surface area contributed by atoms with Gasteiger partial charge in [-0.3, -0.25) is 4.79 Å². The van der Waals surface area contributed by atoms with Gasteiger partial charge in [-0.1, -0.05) is 13.8 Å². The van der Waals surface area contributed by atoms with E-state index in [0.717, 1.165) is 0 Å². The van der Waals surface area contributed by atoms with Gasteiger partial charge in [0.2, 0.25) is 5.91 Å². The molecule has 1 N–H and O–H groups in total. The summed E-state index contributed by atoms with van der Waals surface area (Å²) in [4.78, 5) is 11.4. The van der Waals surface area contributed by atoms with Crippen LogP contribution in [0.4, 0.5) is 0 Å². The number of thioether (sulfide) groups is 1. The average molecular weight is 251 g/mol. The Kier molecular flexibility index (Phi) is 4.45. The number of carbonyl (C=O) groups is 1. The Labute approximate surface area is 95.1 Å². The largest absolute Gasteiger partial charge is 0.352 e. The minimum Gasteiger partial charge on any atom is -0.352 e. The number of carbonyl (C=O) groups excluding carboxylic acids is 1. The molecule has 0 aliphatic carbocycles. The zero-order chi connectivity index (χ0) is 11.5. The van der Waals surface area contributed by atoms with E-state index in [2.05, 4.69) is 5.32 Å². The predicted octanol–water partition coefficient (Wildman–Crippen LogP) is 0.431. The third-order valence-corrected chi connectivity index (χ3v) is 5.01. The molecule has 1 saturated heterocycles. The van der Waals surface area contributed by atoms with Crippen molar-refractivity contribution in [3.63, 3.8) is 0 Å². The second kappa shape index (κ2) is 5.21. The molecule has 0 aromatic heterocycles. The number of sulfone groups is 1. The van der Waals surface area contributed by atoms with Crippen LogP contribution in [0.1, 0.15) is 20.3 Å². The highest BCUT2D eigenvalue weighted by molar-refractivity contribution is 8.00. The highest BCUT2D eigenvalue weighted by atomic mass is 32.2. The molecule has 0 spiro atoms. The first-order valence-electron chi connectivity index (χ1n) is 5.00. The Hall–Kier alpha value is -0.230. The van der Waals surface area contributed by atoms with Crippen LogP contribution in [0.15, 0.2) is 0 Å². The molecule has 0 aromatic carbocycles. The summed E-state index contributed by atoms with van der Waals surface area (Å²) in [7, 11) is -2.89. The van der Waals surface area contributed by atoms with E-state index in [1.54, 1.807) is 11.8 Å². The molecule has 0 radical (unpaired) electrons. The molecule has 1 aliphatic rings. The van der Waals surface area contributed by atoms with Crippen LogP contribution in [-0.2, 0) is 14.6 Å². The van der Waals surface area contributed by atoms with Gasteiger partial charge in [-0.2, -0.15) is 0 Å². The summed E-state index contributed by atoms with van der Waals surface area (Å²) in [6, 6.07) is -0.171. The molecule has 4 nitrogen and oxygen atoms in total. The van der Waals surface area contributed by atoms with Crippen molar-refractivity contribution in [1.82, 2.24) is 5.32 Å². The lowest BCUT2D eigenvalue weighted by Crippen LogP contribution is -2.36.